The number of nitrogens with two attached hydrogens (primary N) is 2. The number of hydrogen-bond acceptors (Lipinski definition) is 3. The highest BCUT2D eigenvalue weighted by molar-refractivity contribution is 7.90. The molecule has 8 heteroatoms. The second-order valence-corrected chi connectivity index (χ2v) is 8.71. The van der Waals surface area contributed by atoms with Crippen molar-refractivity contribution in [3.05, 3.63) is 53.1 Å². The van der Waals surface area contributed by atoms with Crippen LogP contribution < -0.4 is 11.5 Å². The Bertz CT molecular complexity index is 996. The summed E-state index contributed by atoms with van der Waals surface area (Å²) in [6.07, 6.45) is 1.89. The summed E-state index contributed by atoms with van der Waals surface area (Å²) in [6, 6.07) is 10.7. The molecule has 2 aromatic rings. The van der Waals surface area contributed by atoms with Gasteiger partial charge in [-0.05, 0) is 42.5 Å². The summed E-state index contributed by atoms with van der Waals surface area (Å²) in [7, 11) is -3.59. The molecule has 0 bridgehead atoms. The summed E-state index contributed by atoms with van der Waals surface area (Å²) in [5, 5.41) is 0. The monoisotopic (exact) mass is 423 g/mol. The molecule has 28 heavy (non-hydrogen) atoms. The lowest BCUT2D eigenvalue weighted by Gasteiger charge is -2.18. The number of halogens is 1. The number of benzene rings is 2. The molecule has 2 rings (SSSR count). The van der Waals surface area contributed by atoms with Crippen molar-refractivity contribution >= 4 is 34.1 Å². The molecule has 0 aliphatic heterocycles. The van der Waals surface area contributed by atoms with Gasteiger partial charge in [0.05, 0.1) is 4.90 Å². The predicted molar refractivity (Wildman–Crippen MR) is 116 cm³/mol. The Hall–Kier alpha value is -2.38. The molecule has 1 amide bonds. The van der Waals surface area contributed by atoms with E-state index in [1.165, 1.54) is 6.07 Å². The summed E-state index contributed by atoms with van der Waals surface area (Å²) in [5.74, 6) is -0.986. The van der Waals surface area contributed by atoms with Crippen molar-refractivity contribution < 1.29 is 13.2 Å². The molecule has 4 N–H and O–H groups in total. The molecule has 0 saturated heterocycles. The maximum absolute atomic E-state index is 12.5. The largest absolute Gasteiger partial charge is 0.370 e. The van der Waals surface area contributed by atoms with Gasteiger partial charge in [-0.2, -0.15) is 4.99 Å². The molecule has 2 aromatic carbocycles. The van der Waals surface area contributed by atoms with Gasteiger partial charge in [0.15, 0.2) is 15.8 Å². The van der Waals surface area contributed by atoms with Crippen molar-refractivity contribution in [3.8, 4) is 11.1 Å². The fraction of sp³-hybridized carbons (Fsp3) is 0.300. The molecule has 0 saturated carbocycles. The van der Waals surface area contributed by atoms with Gasteiger partial charge in [0.1, 0.15) is 0 Å². The van der Waals surface area contributed by atoms with Gasteiger partial charge in [0.2, 0.25) is 0 Å². The van der Waals surface area contributed by atoms with Crippen LogP contribution in [0.25, 0.3) is 11.1 Å². The maximum Gasteiger partial charge on any atom is 0.280 e. The van der Waals surface area contributed by atoms with E-state index in [0.29, 0.717) is 5.56 Å². The van der Waals surface area contributed by atoms with E-state index in [4.69, 9.17) is 11.5 Å². The minimum absolute atomic E-state index is 0. The Balaban J connectivity index is 0.00000392. The normalized spacial score (nSPS) is 12.0. The Kier molecular flexibility index (Phi) is 7.78. The predicted octanol–water partition coefficient (Wildman–Crippen LogP) is 3.41. The molecule has 6 nitrogen and oxygen atoms in total. The van der Waals surface area contributed by atoms with Crippen molar-refractivity contribution in [2.75, 3.05) is 6.26 Å². The molecule has 0 radical (unpaired) electrons. The van der Waals surface area contributed by atoms with Gasteiger partial charge in [-0.25, -0.2) is 8.42 Å². The fourth-order valence-electron chi connectivity index (χ4n) is 2.85. The molecule has 152 valence electrons. The highest BCUT2D eigenvalue weighted by Crippen LogP contribution is 2.35. The van der Waals surface area contributed by atoms with Crippen molar-refractivity contribution in [2.45, 2.75) is 38.0 Å². The second-order valence-electron chi connectivity index (χ2n) is 6.72. The van der Waals surface area contributed by atoms with Gasteiger partial charge < -0.3 is 11.5 Å². The first-order valence-electron chi connectivity index (χ1n) is 8.63. The average Bonchev–Trinajstić information content (AvgIpc) is 2.59. The van der Waals surface area contributed by atoms with Crippen LogP contribution in [0.4, 0.5) is 0 Å². The highest BCUT2D eigenvalue weighted by Gasteiger charge is 2.23. The van der Waals surface area contributed by atoms with E-state index < -0.39 is 15.7 Å². The number of amides is 1. The zero-order valence-corrected chi connectivity index (χ0v) is 18.0. The Morgan fingerprint density at radius 1 is 1.14 bits per heavy atom. The van der Waals surface area contributed by atoms with Crippen LogP contribution in [0.3, 0.4) is 0 Å². The smallest absolute Gasteiger partial charge is 0.280 e. The molecule has 0 aromatic heterocycles. The molecular formula is C20H26ClN3O3S. The number of carbonyl (C=O) groups is 1. The fourth-order valence-corrected chi connectivity index (χ4v) is 3.76. The second kappa shape index (κ2) is 9.21. The zero-order valence-electron chi connectivity index (χ0n) is 16.4. The first kappa shape index (κ1) is 23.7. The first-order chi connectivity index (χ1) is 12.5. The highest BCUT2D eigenvalue weighted by atomic mass is 35.5. The molecular weight excluding hydrogens is 398 g/mol. The summed E-state index contributed by atoms with van der Waals surface area (Å²) in [5.41, 5.74) is 14.0. The lowest BCUT2D eigenvalue weighted by atomic mass is 9.89. The number of rotatable bonds is 5. The number of nitrogens with zero attached hydrogens (tertiary/aromatic N) is 1. The van der Waals surface area contributed by atoms with E-state index in [9.17, 15) is 13.2 Å². The van der Waals surface area contributed by atoms with Crippen LogP contribution in [0, 0.1) is 6.92 Å². The summed E-state index contributed by atoms with van der Waals surface area (Å²) in [4.78, 5) is 16.2. The molecule has 0 spiro atoms. The number of sulfone groups is 1. The number of aryl methyl sites for hydroxylation is 1. The van der Waals surface area contributed by atoms with E-state index in [0.717, 1.165) is 29.4 Å². The number of aliphatic imine (C=N–C) groups is 1. The molecule has 0 heterocycles. The number of guanidine groups is 1. The summed E-state index contributed by atoms with van der Waals surface area (Å²) >= 11 is 0. The van der Waals surface area contributed by atoms with Gasteiger partial charge >= 0.3 is 0 Å². The Morgan fingerprint density at radius 3 is 2.18 bits per heavy atom. The lowest BCUT2D eigenvalue weighted by Crippen LogP contribution is -2.24. The van der Waals surface area contributed by atoms with E-state index in [-0.39, 0.29) is 34.7 Å². The van der Waals surface area contributed by atoms with Crippen LogP contribution in [-0.4, -0.2) is 26.5 Å². The van der Waals surface area contributed by atoms with Crippen LogP contribution >= 0.6 is 12.4 Å². The number of carbonyl (C=O) groups excluding carboxylic acids is 1. The van der Waals surface area contributed by atoms with Crippen molar-refractivity contribution in [1.82, 2.24) is 0 Å². The van der Waals surface area contributed by atoms with E-state index in [1.807, 2.05) is 45.0 Å². The van der Waals surface area contributed by atoms with Crippen LogP contribution in [0.1, 0.15) is 47.7 Å². The van der Waals surface area contributed by atoms with Gasteiger partial charge in [-0.3, -0.25) is 4.79 Å². The van der Waals surface area contributed by atoms with Gasteiger partial charge in [-0.1, -0.05) is 43.7 Å². The molecule has 1 atom stereocenters. The van der Waals surface area contributed by atoms with E-state index in [2.05, 4.69) is 4.99 Å². The summed E-state index contributed by atoms with van der Waals surface area (Å²) < 4.78 is 24.9. The number of hydrogen-bond donors (Lipinski definition) is 2. The third kappa shape index (κ3) is 5.33. The van der Waals surface area contributed by atoms with Crippen LogP contribution in [0.2, 0.25) is 0 Å². The van der Waals surface area contributed by atoms with Crippen molar-refractivity contribution in [1.29, 1.82) is 0 Å². The van der Waals surface area contributed by atoms with Crippen molar-refractivity contribution in [3.63, 3.8) is 0 Å². The van der Waals surface area contributed by atoms with Gasteiger partial charge in [0, 0.05) is 17.4 Å². The average molecular weight is 424 g/mol. The van der Waals surface area contributed by atoms with Crippen LogP contribution in [0.5, 0.6) is 0 Å². The zero-order chi connectivity index (χ0) is 20.4. The van der Waals surface area contributed by atoms with Crippen LogP contribution in [0.15, 0.2) is 46.3 Å². The Morgan fingerprint density at radius 2 is 1.71 bits per heavy atom. The standard InChI is InChI=1S/C20H25N3O3S.ClH/c1-5-13(3)15-10-16(14-8-6-12(2)7-9-14)18(27(4,25)26)11-17(15)19(24)23-20(21)22;/h6-11,13H,5H2,1-4H3,(H4,21,22,23,24);1H. The summed E-state index contributed by atoms with van der Waals surface area (Å²) in [6.45, 7) is 5.93. The molecule has 0 fully saturated rings. The van der Waals surface area contributed by atoms with Gasteiger partial charge in [-0.15, -0.1) is 12.4 Å². The topological polar surface area (TPSA) is 116 Å². The van der Waals surface area contributed by atoms with Crippen LogP contribution in [-0.2, 0) is 9.84 Å². The SMILES string of the molecule is CCC(C)c1cc(-c2ccc(C)cc2)c(S(C)(=O)=O)cc1C(=O)N=C(N)N.Cl. The third-order valence-electron chi connectivity index (χ3n) is 4.52. The third-order valence-corrected chi connectivity index (χ3v) is 5.65. The molecule has 1 unspecified atom stereocenters. The quantitative estimate of drug-likeness (QED) is 0.564. The molecule has 0 aliphatic rings. The van der Waals surface area contributed by atoms with E-state index in [1.54, 1.807) is 6.07 Å². The first-order valence-corrected chi connectivity index (χ1v) is 10.5. The van der Waals surface area contributed by atoms with Gasteiger partial charge in [0.25, 0.3) is 5.91 Å². The minimum Gasteiger partial charge on any atom is -0.370 e. The maximum atomic E-state index is 12.5. The molecule has 0 aliphatic carbocycles. The lowest BCUT2D eigenvalue weighted by molar-refractivity contribution is 0.100. The van der Waals surface area contributed by atoms with Crippen molar-refractivity contribution in [2.24, 2.45) is 16.5 Å². The Labute approximate surface area is 172 Å². The minimum atomic E-state index is -3.59. The van der Waals surface area contributed by atoms with E-state index >= 15 is 0 Å².